The van der Waals surface area contributed by atoms with E-state index in [-0.39, 0.29) is 11.7 Å². The standard InChI is InChI=1S/C18H26O3/c1-13-5-6-17(16(11-13)14(2)19)21-15-7-10-20-18(12-15)8-3-4-9-18/h5-6,11,14-15,19H,3-4,7-10,12H2,1-2H3/t14-,15?/m1/s1. The summed E-state index contributed by atoms with van der Waals surface area (Å²) < 4.78 is 12.3. The second-order valence-corrected chi connectivity index (χ2v) is 6.69. The average Bonchev–Trinajstić information content (AvgIpc) is 2.88. The van der Waals surface area contributed by atoms with Gasteiger partial charge in [0.15, 0.2) is 0 Å². The Bertz CT molecular complexity index is 489. The van der Waals surface area contributed by atoms with Crippen LogP contribution in [0.15, 0.2) is 18.2 Å². The van der Waals surface area contributed by atoms with E-state index in [0.717, 1.165) is 36.3 Å². The second kappa shape index (κ2) is 5.98. The van der Waals surface area contributed by atoms with E-state index in [9.17, 15) is 5.11 Å². The van der Waals surface area contributed by atoms with E-state index in [2.05, 4.69) is 0 Å². The number of benzene rings is 1. The lowest BCUT2D eigenvalue weighted by molar-refractivity contribution is -0.108. The lowest BCUT2D eigenvalue weighted by Crippen LogP contribution is -2.41. The molecule has 1 aromatic rings. The van der Waals surface area contributed by atoms with Crippen molar-refractivity contribution < 1.29 is 14.6 Å². The van der Waals surface area contributed by atoms with Crippen molar-refractivity contribution in [3.63, 3.8) is 0 Å². The molecule has 2 atom stereocenters. The number of aryl methyl sites for hydroxylation is 1. The van der Waals surface area contributed by atoms with Crippen LogP contribution >= 0.6 is 0 Å². The number of aliphatic hydroxyl groups is 1. The summed E-state index contributed by atoms with van der Waals surface area (Å²) in [5.74, 6) is 0.829. The van der Waals surface area contributed by atoms with Crippen LogP contribution in [0.25, 0.3) is 0 Å². The molecule has 21 heavy (non-hydrogen) atoms. The summed E-state index contributed by atoms with van der Waals surface area (Å²) in [6.07, 6.45) is 6.52. The van der Waals surface area contributed by atoms with Gasteiger partial charge in [0.1, 0.15) is 11.9 Å². The first-order valence-corrected chi connectivity index (χ1v) is 8.17. The maximum atomic E-state index is 9.96. The van der Waals surface area contributed by atoms with Crippen molar-refractivity contribution in [3.05, 3.63) is 29.3 Å². The van der Waals surface area contributed by atoms with Gasteiger partial charge in [-0.1, -0.05) is 24.5 Å². The summed E-state index contributed by atoms with van der Waals surface area (Å²) in [5.41, 5.74) is 2.11. The molecule has 0 bridgehead atoms. The molecule has 0 radical (unpaired) electrons. The van der Waals surface area contributed by atoms with Crippen LogP contribution in [-0.2, 0) is 4.74 Å². The largest absolute Gasteiger partial charge is 0.490 e. The van der Waals surface area contributed by atoms with Gasteiger partial charge in [-0.3, -0.25) is 0 Å². The third-order valence-corrected chi connectivity index (χ3v) is 4.87. The van der Waals surface area contributed by atoms with Gasteiger partial charge in [0.05, 0.1) is 18.3 Å². The van der Waals surface area contributed by atoms with Crippen molar-refractivity contribution in [3.8, 4) is 5.75 Å². The molecule has 1 aliphatic heterocycles. The minimum Gasteiger partial charge on any atom is -0.490 e. The quantitative estimate of drug-likeness (QED) is 0.917. The molecular formula is C18H26O3. The molecule has 1 N–H and O–H groups in total. The molecule has 3 heteroatoms. The molecule has 2 aliphatic rings. The van der Waals surface area contributed by atoms with Gasteiger partial charge in [-0.05, 0) is 38.8 Å². The van der Waals surface area contributed by atoms with Gasteiger partial charge in [-0.15, -0.1) is 0 Å². The average molecular weight is 290 g/mol. The van der Waals surface area contributed by atoms with Gasteiger partial charge in [0.25, 0.3) is 0 Å². The monoisotopic (exact) mass is 290 g/mol. The Morgan fingerprint density at radius 2 is 2.10 bits per heavy atom. The summed E-state index contributed by atoms with van der Waals surface area (Å²) in [6.45, 7) is 4.63. The van der Waals surface area contributed by atoms with Crippen LogP contribution in [-0.4, -0.2) is 23.4 Å². The van der Waals surface area contributed by atoms with Crippen molar-refractivity contribution in [1.29, 1.82) is 0 Å². The van der Waals surface area contributed by atoms with Crippen molar-refractivity contribution in [2.24, 2.45) is 0 Å². The third-order valence-electron chi connectivity index (χ3n) is 4.87. The van der Waals surface area contributed by atoms with Crippen LogP contribution in [0.4, 0.5) is 0 Å². The van der Waals surface area contributed by atoms with E-state index in [1.807, 2.05) is 25.1 Å². The highest BCUT2D eigenvalue weighted by molar-refractivity contribution is 5.38. The van der Waals surface area contributed by atoms with Gasteiger partial charge in [0.2, 0.25) is 0 Å². The van der Waals surface area contributed by atoms with E-state index in [1.165, 1.54) is 25.7 Å². The molecule has 1 heterocycles. The molecule has 116 valence electrons. The van der Waals surface area contributed by atoms with Crippen molar-refractivity contribution in [2.75, 3.05) is 6.61 Å². The van der Waals surface area contributed by atoms with Crippen LogP contribution < -0.4 is 4.74 Å². The number of ether oxygens (including phenoxy) is 2. The Hall–Kier alpha value is -1.06. The fraction of sp³-hybridized carbons (Fsp3) is 0.667. The Morgan fingerprint density at radius 1 is 1.33 bits per heavy atom. The normalized spacial score (nSPS) is 26.0. The minimum atomic E-state index is -0.500. The molecule has 1 spiro atoms. The van der Waals surface area contributed by atoms with E-state index in [0.29, 0.717) is 0 Å². The summed E-state index contributed by atoms with van der Waals surface area (Å²) in [5, 5.41) is 9.96. The molecule has 3 nitrogen and oxygen atoms in total. The van der Waals surface area contributed by atoms with Crippen molar-refractivity contribution in [2.45, 2.75) is 70.2 Å². The van der Waals surface area contributed by atoms with Crippen LogP contribution in [0.3, 0.4) is 0 Å². The summed E-state index contributed by atoms with van der Waals surface area (Å²) in [6, 6.07) is 6.06. The lowest BCUT2D eigenvalue weighted by Gasteiger charge is -2.38. The number of aliphatic hydroxyl groups excluding tert-OH is 1. The molecule has 1 saturated carbocycles. The molecule has 2 fully saturated rings. The predicted octanol–water partition coefficient (Wildman–Crippen LogP) is 3.92. The van der Waals surface area contributed by atoms with Crippen LogP contribution in [0.5, 0.6) is 5.75 Å². The smallest absolute Gasteiger partial charge is 0.125 e. The fourth-order valence-corrected chi connectivity index (χ4v) is 3.73. The van der Waals surface area contributed by atoms with E-state index < -0.39 is 6.10 Å². The Morgan fingerprint density at radius 3 is 2.81 bits per heavy atom. The summed E-state index contributed by atoms with van der Waals surface area (Å²) in [7, 11) is 0. The molecule has 1 unspecified atom stereocenters. The molecule has 0 aromatic heterocycles. The summed E-state index contributed by atoms with van der Waals surface area (Å²) >= 11 is 0. The highest BCUT2D eigenvalue weighted by atomic mass is 16.5. The van der Waals surface area contributed by atoms with Crippen LogP contribution in [0, 0.1) is 6.92 Å². The zero-order valence-electron chi connectivity index (χ0n) is 13.1. The SMILES string of the molecule is Cc1ccc(OC2CCOC3(CCCC3)C2)c([C@@H](C)O)c1. The first-order chi connectivity index (χ1) is 10.1. The lowest BCUT2D eigenvalue weighted by atomic mass is 9.90. The highest BCUT2D eigenvalue weighted by Gasteiger charge is 2.40. The summed E-state index contributed by atoms with van der Waals surface area (Å²) in [4.78, 5) is 0. The Labute approximate surface area is 127 Å². The predicted molar refractivity (Wildman–Crippen MR) is 82.6 cm³/mol. The van der Waals surface area contributed by atoms with Gasteiger partial charge < -0.3 is 14.6 Å². The molecule has 3 rings (SSSR count). The number of hydrogen-bond acceptors (Lipinski definition) is 3. The van der Waals surface area contributed by atoms with Gasteiger partial charge >= 0.3 is 0 Å². The van der Waals surface area contributed by atoms with Gasteiger partial charge in [0, 0.05) is 18.4 Å². The fourth-order valence-electron chi connectivity index (χ4n) is 3.73. The molecule has 1 aliphatic carbocycles. The van der Waals surface area contributed by atoms with E-state index in [4.69, 9.17) is 9.47 Å². The number of rotatable bonds is 3. The molecule has 1 saturated heterocycles. The third kappa shape index (κ3) is 3.24. The first-order valence-electron chi connectivity index (χ1n) is 8.17. The van der Waals surface area contributed by atoms with Crippen LogP contribution in [0.1, 0.15) is 62.7 Å². The Balaban J connectivity index is 1.74. The highest BCUT2D eigenvalue weighted by Crippen LogP contribution is 2.41. The van der Waals surface area contributed by atoms with E-state index in [1.54, 1.807) is 6.92 Å². The second-order valence-electron chi connectivity index (χ2n) is 6.69. The topological polar surface area (TPSA) is 38.7 Å². The Kier molecular flexibility index (Phi) is 4.23. The molecular weight excluding hydrogens is 264 g/mol. The zero-order chi connectivity index (χ0) is 14.9. The minimum absolute atomic E-state index is 0.0681. The molecule has 0 amide bonds. The van der Waals surface area contributed by atoms with Gasteiger partial charge in [-0.25, -0.2) is 0 Å². The van der Waals surface area contributed by atoms with E-state index >= 15 is 0 Å². The maximum absolute atomic E-state index is 9.96. The van der Waals surface area contributed by atoms with Crippen molar-refractivity contribution >= 4 is 0 Å². The maximum Gasteiger partial charge on any atom is 0.125 e. The van der Waals surface area contributed by atoms with Crippen LogP contribution in [0.2, 0.25) is 0 Å². The number of hydrogen-bond donors (Lipinski definition) is 1. The molecule has 1 aromatic carbocycles. The van der Waals surface area contributed by atoms with Crippen molar-refractivity contribution in [1.82, 2.24) is 0 Å². The zero-order valence-corrected chi connectivity index (χ0v) is 13.1. The first kappa shape index (κ1) is 14.9. The van der Waals surface area contributed by atoms with Gasteiger partial charge in [-0.2, -0.15) is 0 Å².